The van der Waals surface area contributed by atoms with Crippen molar-refractivity contribution in [3.05, 3.63) is 23.8 Å². The Hall–Kier alpha value is -1.26. The molecule has 0 spiro atoms. The van der Waals surface area contributed by atoms with Crippen LogP contribution in [0.5, 0.6) is 11.5 Å². The number of nitrogens with zero attached hydrogens (tertiary/aromatic N) is 1. The van der Waals surface area contributed by atoms with Crippen molar-refractivity contribution in [3.8, 4) is 11.5 Å². The van der Waals surface area contributed by atoms with Gasteiger partial charge in [-0.25, -0.2) is 0 Å². The van der Waals surface area contributed by atoms with Gasteiger partial charge in [-0.3, -0.25) is 0 Å². The Bertz CT molecular complexity index is 390. The molecule has 4 heteroatoms. The summed E-state index contributed by atoms with van der Waals surface area (Å²) >= 11 is 0. The van der Waals surface area contributed by atoms with Gasteiger partial charge in [0.05, 0.1) is 13.7 Å². The maximum atomic E-state index is 5.53. The van der Waals surface area contributed by atoms with E-state index in [9.17, 15) is 0 Å². The van der Waals surface area contributed by atoms with Gasteiger partial charge in [0.25, 0.3) is 0 Å². The van der Waals surface area contributed by atoms with Crippen LogP contribution >= 0.6 is 0 Å². The van der Waals surface area contributed by atoms with Crippen molar-refractivity contribution in [1.29, 1.82) is 0 Å². The molecule has 2 rings (SSSR count). The molecular formula is C15H24N2O2. The normalized spacial score (nSPS) is 16.3. The van der Waals surface area contributed by atoms with Gasteiger partial charge in [0, 0.05) is 32.7 Å². The van der Waals surface area contributed by atoms with Crippen molar-refractivity contribution >= 4 is 0 Å². The lowest BCUT2D eigenvalue weighted by Crippen LogP contribution is -2.44. The number of ether oxygens (including phenoxy) is 2. The van der Waals surface area contributed by atoms with Gasteiger partial charge >= 0.3 is 0 Å². The number of piperazine rings is 1. The number of rotatable bonds is 6. The van der Waals surface area contributed by atoms with Gasteiger partial charge in [-0.2, -0.15) is 0 Å². The summed E-state index contributed by atoms with van der Waals surface area (Å²) in [7, 11) is 1.69. The summed E-state index contributed by atoms with van der Waals surface area (Å²) in [5.41, 5.74) is 1.30. The zero-order valence-corrected chi connectivity index (χ0v) is 11.9. The van der Waals surface area contributed by atoms with E-state index in [0.29, 0.717) is 6.61 Å². The lowest BCUT2D eigenvalue weighted by molar-refractivity contribution is 0.243. The Morgan fingerprint density at radius 3 is 2.68 bits per heavy atom. The van der Waals surface area contributed by atoms with E-state index >= 15 is 0 Å². The van der Waals surface area contributed by atoms with Crippen LogP contribution in [0.3, 0.4) is 0 Å². The molecular weight excluding hydrogens is 240 g/mol. The van der Waals surface area contributed by atoms with Crippen molar-refractivity contribution in [3.63, 3.8) is 0 Å². The predicted octanol–water partition coefficient (Wildman–Crippen LogP) is 1.54. The largest absolute Gasteiger partial charge is 0.493 e. The minimum Gasteiger partial charge on any atom is -0.493 e. The summed E-state index contributed by atoms with van der Waals surface area (Å²) in [6.07, 6.45) is 1.06. The monoisotopic (exact) mass is 264 g/mol. The van der Waals surface area contributed by atoms with E-state index in [2.05, 4.69) is 22.3 Å². The van der Waals surface area contributed by atoms with E-state index in [1.54, 1.807) is 7.11 Å². The number of hydrogen-bond donors (Lipinski definition) is 1. The lowest BCUT2D eigenvalue weighted by atomic mass is 10.1. The molecule has 0 aliphatic carbocycles. The van der Waals surface area contributed by atoms with Crippen LogP contribution in [-0.4, -0.2) is 51.3 Å². The first kappa shape index (κ1) is 14.2. The smallest absolute Gasteiger partial charge is 0.161 e. The Morgan fingerprint density at radius 2 is 2.00 bits per heavy atom. The summed E-state index contributed by atoms with van der Waals surface area (Å²) in [4.78, 5) is 2.50. The van der Waals surface area contributed by atoms with Crippen molar-refractivity contribution < 1.29 is 9.47 Å². The van der Waals surface area contributed by atoms with Gasteiger partial charge in [0.2, 0.25) is 0 Å². The van der Waals surface area contributed by atoms with Crippen LogP contribution in [0.4, 0.5) is 0 Å². The van der Waals surface area contributed by atoms with Crippen molar-refractivity contribution in [2.24, 2.45) is 0 Å². The second-order valence-electron chi connectivity index (χ2n) is 4.76. The number of nitrogens with one attached hydrogen (secondary N) is 1. The quantitative estimate of drug-likeness (QED) is 0.845. The molecule has 0 amide bonds. The molecule has 0 aromatic heterocycles. The topological polar surface area (TPSA) is 33.7 Å². The first-order valence-electron chi connectivity index (χ1n) is 7.06. The second kappa shape index (κ2) is 7.36. The molecule has 19 heavy (non-hydrogen) atoms. The highest BCUT2D eigenvalue weighted by Crippen LogP contribution is 2.28. The standard InChI is InChI=1S/C15H24N2O2/c1-3-19-14-5-4-13(12-15(14)18-2)6-9-17-10-7-16-8-11-17/h4-5,12,16H,3,6-11H2,1-2H3. The molecule has 0 bridgehead atoms. The van der Waals surface area contributed by atoms with Crippen LogP contribution in [0.2, 0.25) is 0 Å². The molecule has 1 fully saturated rings. The number of methoxy groups -OCH3 is 1. The third kappa shape index (κ3) is 4.11. The Kier molecular flexibility index (Phi) is 5.48. The third-order valence-electron chi connectivity index (χ3n) is 3.45. The zero-order chi connectivity index (χ0) is 13.5. The SMILES string of the molecule is CCOc1ccc(CCN2CCNCC2)cc1OC. The summed E-state index contributed by atoms with van der Waals surface area (Å²) in [5, 5.41) is 3.37. The minimum absolute atomic E-state index is 0.663. The van der Waals surface area contributed by atoms with E-state index in [1.807, 2.05) is 13.0 Å². The number of benzene rings is 1. The average Bonchev–Trinajstić information content (AvgIpc) is 2.47. The Balaban J connectivity index is 1.92. The predicted molar refractivity (Wildman–Crippen MR) is 77.2 cm³/mol. The fourth-order valence-corrected chi connectivity index (χ4v) is 2.36. The molecule has 0 radical (unpaired) electrons. The van der Waals surface area contributed by atoms with Gasteiger partial charge < -0.3 is 19.7 Å². The number of hydrogen-bond acceptors (Lipinski definition) is 4. The molecule has 106 valence electrons. The minimum atomic E-state index is 0.663. The van der Waals surface area contributed by atoms with Crippen LogP contribution in [0.25, 0.3) is 0 Å². The lowest BCUT2D eigenvalue weighted by Gasteiger charge is -2.27. The zero-order valence-electron chi connectivity index (χ0n) is 11.9. The molecule has 1 heterocycles. The highest BCUT2D eigenvalue weighted by molar-refractivity contribution is 5.43. The van der Waals surface area contributed by atoms with Gasteiger partial charge in [-0.1, -0.05) is 6.07 Å². The summed E-state index contributed by atoms with van der Waals surface area (Å²) in [6, 6.07) is 6.23. The average molecular weight is 264 g/mol. The molecule has 1 aromatic carbocycles. The Labute approximate surface area is 115 Å². The van der Waals surface area contributed by atoms with Gasteiger partial charge in [0.1, 0.15) is 0 Å². The van der Waals surface area contributed by atoms with Gasteiger partial charge in [-0.05, 0) is 31.0 Å². The molecule has 1 aliphatic heterocycles. The molecule has 0 unspecified atom stereocenters. The molecule has 4 nitrogen and oxygen atoms in total. The van der Waals surface area contributed by atoms with Gasteiger partial charge in [0.15, 0.2) is 11.5 Å². The first-order chi connectivity index (χ1) is 9.33. The van der Waals surface area contributed by atoms with Crippen molar-refractivity contribution in [2.75, 3.05) is 46.4 Å². The van der Waals surface area contributed by atoms with E-state index in [-0.39, 0.29) is 0 Å². The van der Waals surface area contributed by atoms with Crippen LogP contribution in [0.15, 0.2) is 18.2 Å². The first-order valence-corrected chi connectivity index (χ1v) is 7.06. The van der Waals surface area contributed by atoms with Crippen LogP contribution < -0.4 is 14.8 Å². The van der Waals surface area contributed by atoms with Crippen LogP contribution in [-0.2, 0) is 6.42 Å². The maximum Gasteiger partial charge on any atom is 0.161 e. The molecule has 1 aliphatic rings. The molecule has 1 aromatic rings. The summed E-state index contributed by atoms with van der Waals surface area (Å²) in [6.45, 7) is 8.26. The van der Waals surface area contributed by atoms with Crippen LogP contribution in [0, 0.1) is 0 Å². The molecule has 0 saturated carbocycles. The van der Waals surface area contributed by atoms with E-state index in [0.717, 1.165) is 50.6 Å². The second-order valence-corrected chi connectivity index (χ2v) is 4.76. The fraction of sp³-hybridized carbons (Fsp3) is 0.600. The van der Waals surface area contributed by atoms with Crippen LogP contribution in [0.1, 0.15) is 12.5 Å². The highest BCUT2D eigenvalue weighted by Gasteiger charge is 2.10. The van der Waals surface area contributed by atoms with E-state index < -0.39 is 0 Å². The van der Waals surface area contributed by atoms with Crippen molar-refractivity contribution in [1.82, 2.24) is 10.2 Å². The maximum absolute atomic E-state index is 5.53. The Morgan fingerprint density at radius 1 is 1.21 bits per heavy atom. The van der Waals surface area contributed by atoms with E-state index in [4.69, 9.17) is 9.47 Å². The summed E-state index contributed by atoms with van der Waals surface area (Å²) < 4.78 is 10.9. The third-order valence-corrected chi connectivity index (χ3v) is 3.45. The molecule has 0 atom stereocenters. The van der Waals surface area contributed by atoms with E-state index in [1.165, 1.54) is 5.56 Å². The highest BCUT2D eigenvalue weighted by atomic mass is 16.5. The molecule has 1 N–H and O–H groups in total. The van der Waals surface area contributed by atoms with Gasteiger partial charge in [-0.15, -0.1) is 0 Å². The molecule has 1 saturated heterocycles. The van der Waals surface area contributed by atoms with Crippen molar-refractivity contribution in [2.45, 2.75) is 13.3 Å². The summed E-state index contributed by atoms with van der Waals surface area (Å²) in [5.74, 6) is 1.66. The fourth-order valence-electron chi connectivity index (χ4n) is 2.36.